The Morgan fingerprint density at radius 1 is 0.967 bits per heavy atom. The summed E-state index contributed by atoms with van der Waals surface area (Å²) in [6.07, 6.45) is 4.88. The molecule has 1 saturated carbocycles. The molecule has 30 heavy (non-hydrogen) atoms. The van der Waals surface area contributed by atoms with Crippen LogP contribution in [0.5, 0.6) is 0 Å². The summed E-state index contributed by atoms with van der Waals surface area (Å²) in [6.45, 7) is 1.95. The van der Waals surface area contributed by atoms with Crippen molar-refractivity contribution in [3.63, 3.8) is 0 Å². The van der Waals surface area contributed by atoms with E-state index in [4.69, 9.17) is 4.98 Å². The summed E-state index contributed by atoms with van der Waals surface area (Å²) in [7, 11) is 0. The zero-order chi connectivity index (χ0) is 19.9. The second kappa shape index (κ2) is 7.34. The van der Waals surface area contributed by atoms with Crippen LogP contribution in [0.1, 0.15) is 43.1 Å². The zero-order valence-corrected chi connectivity index (χ0v) is 16.8. The molecule has 2 aliphatic rings. The fraction of sp³-hybridized carbons (Fsp3) is 0.348. The van der Waals surface area contributed by atoms with Crippen molar-refractivity contribution in [3.8, 4) is 22.6 Å². The molecule has 1 aliphatic carbocycles. The lowest BCUT2D eigenvalue weighted by Gasteiger charge is -2.06. The van der Waals surface area contributed by atoms with Crippen molar-refractivity contribution >= 4 is 10.9 Å². The number of H-pyrrole nitrogens is 2. The second-order valence-electron chi connectivity index (χ2n) is 8.38. The maximum absolute atomic E-state index is 4.75. The van der Waals surface area contributed by atoms with Crippen molar-refractivity contribution in [2.75, 3.05) is 6.54 Å². The van der Waals surface area contributed by atoms with Gasteiger partial charge in [-0.25, -0.2) is 4.98 Å². The maximum Gasteiger partial charge on any atom is 0.181 e. The van der Waals surface area contributed by atoms with E-state index in [2.05, 4.69) is 73.5 Å². The molecule has 6 rings (SSSR count). The molecule has 7 nitrogen and oxygen atoms in total. The van der Waals surface area contributed by atoms with E-state index in [1.54, 1.807) is 0 Å². The van der Waals surface area contributed by atoms with E-state index in [0.717, 1.165) is 58.9 Å². The number of fused-ring (bicyclic) bond motifs is 1. The molecule has 3 heterocycles. The van der Waals surface area contributed by atoms with Gasteiger partial charge >= 0.3 is 0 Å². The molecule has 0 amide bonds. The Kier molecular flexibility index (Phi) is 4.35. The first-order valence-electron chi connectivity index (χ1n) is 10.8. The number of benzene rings is 2. The minimum Gasteiger partial charge on any atom is -0.310 e. The molecule has 4 N–H and O–H groups in total. The number of hydrogen-bond acceptors (Lipinski definition) is 5. The van der Waals surface area contributed by atoms with Gasteiger partial charge in [0.2, 0.25) is 0 Å². The molecule has 0 bridgehead atoms. The quantitative estimate of drug-likeness (QED) is 0.397. The highest BCUT2D eigenvalue weighted by Crippen LogP contribution is 2.31. The molecule has 152 valence electrons. The van der Waals surface area contributed by atoms with Crippen LogP contribution in [0.4, 0.5) is 0 Å². The molecule has 1 aliphatic heterocycles. The van der Waals surface area contributed by atoms with Gasteiger partial charge in [-0.1, -0.05) is 18.2 Å². The number of rotatable bonds is 6. The Morgan fingerprint density at radius 3 is 2.80 bits per heavy atom. The molecule has 4 aromatic rings. The SMILES string of the molecule is c1cc(CNC2CC2)cc(-c2n[nH]c3ccc(-c4n[nH]c(C5CCCN5)n4)cc23)c1. The predicted molar refractivity (Wildman–Crippen MR) is 117 cm³/mol. The Balaban J connectivity index is 1.32. The van der Waals surface area contributed by atoms with Gasteiger partial charge in [-0.2, -0.15) is 10.2 Å². The van der Waals surface area contributed by atoms with E-state index in [-0.39, 0.29) is 6.04 Å². The molecule has 0 spiro atoms. The Bertz CT molecular complexity index is 1180. The average molecular weight is 400 g/mol. The molecular weight excluding hydrogens is 374 g/mol. The van der Waals surface area contributed by atoms with E-state index in [0.29, 0.717) is 6.04 Å². The number of nitrogens with one attached hydrogen (secondary N) is 4. The van der Waals surface area contributed by atoms with Gasteiger partial charge in [0.1, 0.15) is 5.82 Å². The van der Waals surface area contributed by atoms with E-state index >= 15 is 0 Å². The van der Waals surface area contributed by atoms with Crippen LogP contribution in [-0.2, 0) is 6.54 Å². The van der Waals surface area contributed by atoms with Crippen molar-refractivity contribution < 1.29 is 0 Å². The van der Waals surface area contributed by atoms with Crippen molar-refractivity contribution in [2.24, 2.45) is 0 Å². The lowest BCUT2D eigenvalue weighted by atomic mass is 10.0. The van der Waals surface area contributed by atoms with Crippen LogP contribution in [0.25, 0.3) is 33.5 Å². The smallest absolute Gasteiger partial charge is 0.181 e. The molecule has 1 unspecified atom stereocenters. The van der Waals surface area contributed by atoms with E-state index < -0.39 is 0 Å². The van der Waals surface area contributed by atoms with Crippen LogP contribution in [0.2, 0.25) is 0 Å². The normalized spacial score (nSPS) is 19.0. The van der Waals surface area contributed by atoms with Crippen molar-refractivity contribution in [1.82, 2.24) is 36.0 Å². The monoisotopic (exact) mass is 399 g/mol. The zero-order valence-electron chi connectivity index (χ0n) is 16.8. The minimum atomic E-state index is 0.284. The summed E-state index contributed by atoms with van der Waals surface area (Å²) in [5, 5.41) is 23.5. The summed E-state index contributed by atoms with van der Waals surface area (Å²) in [4.78, 5) is 4.75. The Labute approximate surface area is 174 Å². The maximum atomic E-state index is 4.75. The third-order valence-electron chi connectivity index (χ3n) is 6.09. The molecule has 7 heteroatoms. The molecule has 0 radical (unpaired) electrons. The molecular formula is C23H25N7. The highest BCUT2D eigenvalue weighted by Gasteiger charge is 2.21. The molecule has 2 aromatic heterocycles. The standard InChI is InChI=1S/C23H25N7/c1-3-14(13-25-17-7-8-17)11-15(4-1)21-18-12-16(6-9-19(18)27-28-21)22-26-23(30-29-22)20-5-2-10-24-20/h1,3-4,6,9,11-12,17,20,24-25H,2,5,7-8,10,13H2,(H,27,28)(H,26,29,30). The van der Waals surface area contributed by atoms with Gasteiger partial charge in [-0.05, 0) is 62.1 Å². The highest BCUT2D eigenvalue weighted by atomic mass is 15.2. The highest BCUT2D eigenvalue weighted by molar-refractivity contribution is 5.95. The molecule has 1 atom stereocenters. The van der Waals surface area contributed by atoms with Gasteiger partial charge in [0.15, 0.2) is 5.82 Å². The van der Waals surface area contributed by atoms with E-state index in [1.807, 2.05) is 0 Å². The van der Waals surface area contributed by atoms with Crippen LogP contribution in [0.15, 0.2) is 42.5 Å². The minimum absolute atomic E-state index is 0.284. The van der Waals surface area contributed by atoms with Crippen molar-refractivity contribution in [3.05, 3.63) is 53.9 Å². The first kappa shape index (κ1) is 17.8. The fourth-order valence-electron chi connectivity index (χ4n) is 4.23. The molecule has 1 saturated heterocycles. The second-order valence-corrected chi connectivity index (χ2v) is 8.38. The molecule has 2 fully saturated rings. The molecule has 2 aromatic carbocycles. The summed E-state index contributed by atoms with van der Waals surface area (Å²) in [5.41, 5.74) is 5.39. The summed E-state index contributed by atoms with van der Waals surface area (Å²) in [5.74, 6) is 1.65. The fourth-order valence-corrected chi connectivity index (χ4v) is 4.23. The van der Waals surface area contributed by atoms with Gasteiger partial charge in [0.05, 0.1) is 17.3 Å². The summed E-state index contributed by atoms with van der Waals surface area (Å²) in [6, 6.07) is 15.9. The van der Waals surface area contributed by atoms with Gasteiger partial charge in [0, 0.05) is 29.1 Å². The number of hydrogen-bond donors (Lipinski definition) is 4. The number of nitrogens with zero attached hydrogens (tertiary/aromatic N) is 3. The van der Waals surface area contributed by atoms with Crippen LogP contribution in [0.3, 0.4) is 0 Å². The summed E-state index contributed by atoms with van der Waals surface area (Å²) < 4.78 is 0. The van der Waals surface area contributed by atoms with Crippen LogP contribution in [0, 0.1) is 0 Å². The van der Waals surface area contributed by atoms with Crippen LogP contribution < -0.4 is 10.6 Å². The largest absolute Gasteiger partial charge is 0.310 e. The van der Waals surface area contributed by atoms with Crippen molar-refractivity contribution in [1.29, 1.82) is 0 Å². The average Bonchev–Trinajstić information content (AvgIpc) is 3.19. The van der Waals surface area contributed by atoms with E-state index in [9.17, 15) is 0 Å². The van der Waals surface area contributed by atoms with Gasteiger partial charge in [-0.3, -0.25) is 10.2 Å². The third-order valence-corrected chi connectivity index (χ3v) is 6.09. The Morgan fingerprint density at radius 2 is 1.93 bits per heavy atom. The summed E-state index contributed by atoms with van der Waals surface area (Å²) >= 11 is 0. The van der Waals surface area contributed by atoms with Gasteiger partial charge in [-0.15, -0.1) is 0 Å². The van der Waals surface area contributed by atoms with E-state index in [1.165, 1.54) is 24.8 Å². The number of aromatic amines is 2. The number of aromatic nitrogens is 5. The lowest BCUT2D eigenvalue weighted by Crippen LogP contribution is -2.15. The predicted octanol–water partition coefficient (Wildman–Crippen LogP) is 3.69. The van der Waals surface area contributed by atoms with Crippen LogP contribution >= 0.6 is 0 Å². The van der Waals surface area contributed by atoms with Gasteiger partial charge < -0.3 is 10.6 Å². The lowest BCUT2D eigenvalue weighted by molar-refractivity contribution is 0.608. The van der Waals surface area contributed by atoms with Crippen molar-refractivity contribution in [2.45, 2.75) is 44.3 Å². The third kappa shape index (κ3) is 3.40. The first-order chi connectivity index (χ1) is 14.8. The first-order valence-corrected chi connectivity index (χ1v) is 10.8. The van der Waals surface area contributed by atoms with Crippen LogP contribution in [-0.4, -0.2) is 38.0 Å². The Hall–Kier alpha value is -3.03. The topological polar surface area (TPSA) is 94.3 Å². The van der Waals surface area contributed by atoms with Gasteiger partial charge in [0.25, 0.3) is 0 Å².